The fraction of sp³-hybridized carbons (Fsp3) is 0.753. The number of aliphatic carboxylic acids is 1. The third-order valence-corrected chi connectivity index (χ3v) is 17.3. The van der Waals surface area contributed by atoms with E-state index in [1.807, 2.05) is 21.1 Å². The molecule has 9 heteroatoms. The number of allylic oxidation sites excluding steroid dienone is 18. The van der Waals surface area contributed by atoms with E-state index in [2.05, 4.69) is 123 Å². The molecule has 94 heavy (non-hydrogen) atoms. The summed E-state index contributed by atoms with van der Waals surface area (Å²) in [5, 5.41) is 11.9. The van der Waals surface area contributed by atoms with Gasteiger partial charge >= 0.3 is 11.9 Å². The van der Waals surface area contributed by atoms with Gasteiger partial charge in [-0.2, -0.15) is 0 Å². The highest BCUT2D eigenvalue weighted by Gasteiger charge is 2.22. The highest BCUT2D eigenvalue weighted by atomic mass is 16.7. The van der Waals surface area contributed by atoms with Gasteiger partial charge in [-0.3, -0.25) is 9.59 Å². The molecule has 0 saturated carbocycles. The molecule has 0 rings (SSSR count). The lowest BCUT2D eigenvalue weighted by Gasteiger charge is -2.26. The summed E-state index contributed by atoms with van der Waals surface area (Å²) in [7, 11) is 5.93. The first kappa shape index (κ1) is 90.0. The minimum Gasteiger partial charge on any atom is -0.545 e. The molecule has 0 spiro atoms. The highest BCUT2D eigenvalue weighted by Crippen LogP contribution is 2.19. The molecule has 0 aliphatic heterocycles. The molecule has 0 saturated heterocycles. The molecule has 0 aromatic heterocycles. The smallest absolute Gasteiger partial charge is 0.306 e. The second kappa shape index (κ2) is 74.7. The monoisotopic (exact) mass is 1310 g/mol. The van der Waals surface area contributed by atoms with Gasteiger partial charge in [0.1, 0.15) is 13.2 Å². The molecule has 0 N–H and O–H groups in total. The van der Waals surface area contributed by atoms with Crippen LogP contribution in [0.3, 0.4) is 0 Å². The number of hydrogen-bond acceptors (Lipinski definition) is 8. The zero-order valence-electron chi connectivity index (χ0n) is 62.1. The number of carboxylic acid groups (broad SMARTS) is 1. The Labute approximate surface area is 581 Å². The summed E-state index contributed by atoms with van der Waals surface area (Å²) in [6, 6.07) is 0. The third kappa shape index (κ3) is 75.3. The van der Waals surface area contributed by atoms with E-state index in [0.717, 1.165) is 109 Å². The molecule has 0 heterocycles. The summed E-state index contributed by atoms with van der Waals surface area (Å²) in [6.07, 6.45) is 102. The summed E-state index contributed by atoms with van der Waals surface area (Å²) < 4.78 is 22.8. The van der Waals surface area contributed by atoms with Crippen LogP contribution in [0.5, 0.6) is 0 Å². The number of likely N-dealkylation sites (N-methyl/N-ethyl adjacent to an activating group) is 1. The summed E-state index contributed by atoms with van der Waals surface area (Å²) in [5.74, 6) is -2.30. The predicted molar refractivity (Wildman–Crippen MR) is 403 cm³/mol. The Kier molecular flexibility index (Phi) is 71.5. The van der Waals surface area contributed by atoms with E-state index < -0.39 is 24.3 Å². The van der Waals surface area contributed by atoms with Gasteiger partial charge in [0.2, 0.25) is 0 Å². The number of ether oxygens (including phenoxy) is 4. The Bertz CT molecular complexity index is 1920. The van der Waals surface area contributed by atoms with Crippen molar-refractivity contribution in [1.82, 2.24) is 0 Å². The second-order valence-electron chi connectivity index (χ2n) is 27.6. The van der Waals surface area contributed by atoms with Gasteiger partial charge in [-0.1, -0.05) is 367 Å². The molecule has 0 fully saturated rings. The summed E-state index contributed by atoms with van der Waals surface area (Å²) in [4.78, 5) is 37.6. The first-order valence-corrected chi connectivity index (χ1v) is 39.5. The minimum absolute atomic E-state index is 0.140. The number of nitrogens with zero attached hydrogens (tertiary/aromatic N) is 1. The van der Waals surface area contributed by atoms with E-state index in [1.165, 1.54) is 212 Å². The van der Waals surface area contributed by atoms with Crippen molar-refractivity contribution in [2.24, 2.45) is 0 Å². The van der Waals surface area contributed by atoms with E-state index in [0.29, 0.717) is 17.4 Å². The van der Waals surface area contributed by atoms with Gasteiger partial charge in [0, 0.05) is 12.8 Å². The number of carbonyl (C=O) groups excluding carboxylic acids is 3. The van der Waals surface area contributed by atoms with Crippen LogP contribution in [-0.4, -0.2) is 82.3 Å². The van der Waals surface area contributed by atoms with Crippen molar-refractivity contribution in [3.63, 3.8) is 0 Å². The number of quaternary nitrogens is 1. The number of carboxylic acids is 1. The lowest BCUT2D eigenvalue weighted by Crippen LogP contribution is -2.44. The van der Waals surface area contributed by atoms with Crippen LogP contribution in [0.2, 0.25) is 0 Å². The number of esters is 2. The van der Waals surface area contributed by atoms with Crippen LogP contribution >= 0.6 is 0 Å². The number of unbranched alkanes of at least 4 members (excludes halogenated alkanes) is 40. The summed E-state index contributed by atoms with van der Waals surface area (Å²) >= 11 is 0. The zero-order valence-corrected chi connectivity index (χ0v) is 62.1. The third-order valence-electron chi connectivity index (χ3n) is 17.3. The summed E-state index contributed by atoms with van der Waals surface area (Å²) in [6.45, 7) is 4.65. The molecule has 0 radical (unpaired) electrons. The topological polar surface area (TPSA) is 111 Å². The lowest BCUT2D eigenvalue weighted by molar-refractivity contribution is -0.870. The van der Waals surface area contributed by atoms with Crippen LogP contribution in [0, 0.1) is 0 Å². The Morgan fingerprint density at radius 3 is 0.904 bits per heavy atom. The Morgan fingerprint density at radius 1 is 0.330 bits per heavy atom. The van der Waals surface area contributed by atoms with Crippen LogP contribution < -0.4 is 5.11 Å². The van der Waals surface area contributed by atoms with Gasteiger partial charge < -0.3 is 33.3 Å². The zero-order chi connectivity index (χ0) is 68.2. The van der Waals surface area contributed by atoms with E-state index in [4.69, 9.17) is 18.9 Å². The maximum absolute atomic E-state index is 13.0. The van der Waals surface area contributed by atoms with E-state index >= 15 is 0 Å². The number of hydrogen-bond donors (Lipinski definition) is 0. The van der Waals surface area contributed by atoms with Crippen LogP contribution in [0.15, 0.2) is 109 Å². The molecule has 0 aliphatic carbocycles. The maximum Gasteiger partial charge on any atom is 0.306 e. The molecule has 9 nitrogen and oxygen atoms in total. The van der Waals surface area contributed by atoms with E-state index in [-0.39, 0.29) is 38.6 Å². The molecule has 0 aliphatic rings. The lowest BCUT2D eigenvalue weighted by atomic mass is 10.0. The first-order chi connectivity index (χ1) is 46.1. The van der Waals surface area contributed by atoms with Gasteiger partial charge in [-0.15, -0.1) is 0 Å². The SMILES string of the molecule is CC/C=C\C/C=C\C/C=C\C/C=C\C/C=C\C/C=C\C/C=C\C/C=C\C/C=C\CCCCCCCC(=O)OC(COC(=O)CCCCCCCCCCCCCCCCCCCCCCCCCCCCCCCCCCCCCC)COC(OCC[N+](C)(C)C)C(=O)[O-]. The number of carbonyl (C=O) groups is 3. The van der Waals surface area contributed by atoms with Crippen molar-refractivity contribution in [2.75, 3.05) is 47.5 Å². The summed E-state index contributed by atoms with van der Waals surface area (Å²) in [5.41, 5.74) is 0. The maximum atomic E-state index is 13.0. The average Bonchev–Trinajstić information content (AvgIpc) is 3.35. The average molecular weight is 1310 g/mol. The molecule has 542 valence electrons. The Balaban J connectivity index is 4.08. The van der Waals surface area contributed by atoms with Gasteiger partial charge in [-0.05, 0) is 83.5 Å². The molecule has 0 aromatic rings. The van der Waals surface area contributed by atoms with Crippen LogP contribution in [0.25, 0.3) is 0 Å². The molecule has 0 bridgehead atoms. The van der Waals surface area contributed by atoms with Crippen LogP contribution in [0.1, 0.15) is 354 Å². The molecule has 2 atom stereocenters. The van der Waals surface area contributed by atoms with Crippen molar-refractivity contribution >= 4 is 17.9 Å². The molecular weight excluding hydrogens is 1160 g/mol. The fourth-order valence-corrected chi connectivity index (χ4v) is 11.3. The largest absolute Gasteiger partial charge is 0.545 e. The van der Waals surface area contributed by atoms with Crippen molar-refractivity contribution in [3.05, 3.63) is 109 Å². The van der Waals surface area contributed by atoms with Gasteiger partial charge in [0.05, 0.1) is 40.3 Å². The standard InChI is InChI=1S/C85H149NO8/c1-6-8-10-12-14-16-18-20-22-24-26-28-30-32-34-36-38-40-41-42-44-45-47-49-51-53-55-57-59-61-63-65-67-69-71-73-75-82(87)92-79-81(80-93-85(84(89)90)91-78-77-86(3,4)5)94-83(88)76-74-72-70-68-66-64-62-60-58-56-54-52-50-48-46-43-39-37-35-33-31-29-27-25-23-21-19-17-15-13-11-9-7-2/h9,11,15,17,21,23,27,29,33,35,39,43,48,50,54,56,60,62,81,85H,6-8,10,12-14,16,18-20,22,24-26,28,30-32,34,36-38,40-42,44-47,49,51-53,55,57-59,61,63-80H2,1-5H3/b11-9-,17-15-,23-21-,29-27-,35-33-,43-39-,50-48-,56-54-,62-60-. The second-order valence-corrected chi connectivity index (χ2v) is 27.6. The van der Waals surface area contributed by atoms with Gasteiger partial charge in [0.15, 0.2) is 12.4 Å². The number of rotatable bonds is 73. The van der Waals surface area contributed by atoms with E-state index in [9.17, 15) is 19.5 Å². The fourth-order valence-electron chi connectivity index (χ4n) is 11.3. The van der Waals surface area contributed by atoms with Crippen LogP contribution in [0.4, 0.5) is 0 Å². The molecule has 0 amide bonds. The Morgan fingerprint density at radius 2 is 0.606 bits per heavy atom. The highest BCUT2D eigenvalue weighted by molar-refractivity contribution is 5.70. The van der Waals surface area contributed by atoms with Crippen molar-refractivity contribution < 1.29 is 42.9 Å². The Hall–Kier alpha value is -4.05. The van der Waals surface area contributed by atoms with Gasteiger partial charge in [0.25, 0.3) is 0 Å². The first-order valence-electron chi connectivity index (χ1n) is 39.5. The molecule has 2 unspecified atom stereocenters. The van der Waals surface area contributed by atoms with Gasteiger partial charge in [-0.25, -0.2) is 0 Å². The predicted octanol–water partition coefficient (Wildman–Crippen LogP) is 24.0. The molecule has 0 aromatic carbocycles. The molecular formula is C85H149NO8. The quantitative estimate of drug-likeness (QED) is 0.0195. The van der Waals surface area contributed by atoms with Crippen molar-refractivity contribution in [2.45, 2.75) is 367 Å². The van der Waals surface area contributed by atoms with Crippen molar-refractivity contribution in [3.8, 4) is 0 Å². The minimum atomic E-state index is -1.63. The van der Waals surface area contributed by atoms with Crippen LogP contribution in [-0.2, 0) is 33.3 Å². The normalized spacial score (nSPS) is 13.2. The van der Waals surface area contributed by atoms with E-state index in [1.54, 1.807) is 0 Å². The van der Waals surface area contributed by atoms with Crippen molar-refractivity contribution in [1.29, 1.82) is 0 Å².